The number of hydrogen-bond acceptors (Lipinski definition) is 3. The fourth-order valence-corrected chi connectivity index (χ4v) is 3.06. The van der Waals surface area contributed by atoms with E-state index in [9.17, 15) is 0 Å². The van der Waals surface area contributed by atoms with E-state index in [-0.39, 0.29) is 0 Å². The minimum absolute atomic E-state index is 0.730. The Morgan fingerprint density at radius 1 is 1.33 bits per heavy atom. The van der Waals surface area contributed by atoms with Crippen LogP contribution in [0.5, 0.6) is 0 Å². The van der Waals surface area contributed by atoms with E-state index in [1.165, 1.54) is 28.3 Å². The van der Waals surface area contributed by atoms with E-state index in [2.05, 4.69) is 29.4 Å². The van der Waals surface area contributed by atoms with E-state index in [4.69, 9.17) is 11.6 Å². The highest BCUT2D eigenvalue weighted by Crippen LogP contribution is 2.31. The molecule has 1 saturated carbocycles. The van der Waals surface area contributed by atoms with Crippen molar-refractivity contribution in [2.45, 2.75) is 32.4 Å². The van der Waals surface area contributed by atoms with Crippen molar-refractivity contribution in [3.05, 3.63) is 40.0 Å². The first kappa shape index (κ1) is 12.2. The maximum atomic E-state index is 5.91. The van der Waals surface area contributed by atoms with Crippen LogP contribution in [-0.4, -0.2) is 11.0 Å². The summed E-state index contributed by atoms with van der Waals surface area (Å²) in [6.45, 7) is 2.96. The molecule has 4 heteroatoms. The molecule has 0 unspecified atom stereocenters. The Kier molecular flexibility index (Phi) is 3.37. The van der Waals surface area contributed by atoms with Gasteiger partial charge >= 0.3 is 0 Å². The van der Waals surface area contributed by atoms with Crippen LogP contribution < -0.4 is 5.32 Å². The van der Waals surface area contributed by atoms with Crippen LogP contribution in [0.15, 0.2) is 24.3 Å². The minimum atomic E-state index is 0.730. The van der Waals surface area contributed by atoms with E-state index < -0.39 is 0 Å². The lowest BCUT2D eigenvalue weighted by molar-refractivity contribution is 0.683. The number of nitrogens with one attached hydrogen (secondary N) is 1. The smallest absolute Gasteiger partial charge is 0.107 e. The number of rotatable bonds is 4. The fraction of sp³-hybridized carbons (Fsp3) is 0.357. The molecule has 18 heavy (non-hydrogen) atoms. The van der Waals surface area contributed by atoms with E-state index in [0.29, 0.717) is 0 Å². The first-order chi connectivity index (χ1) is 8.72. The first-order valence-electron chi connectivity index (χ1n) is 6.18. The van der Waals surface area contributed by atoms with Crippen molar-refractivity contribution in [1.29, 1.82) is 0 Å². The molecule has 1 aromatic carbocycles. The molecule has 94 valence electrons. The average Bonchev–Trinajstić information content (AvgIpc) is 3.12. The number of aromatic nitrogens is 1. The van der Waals surface area contributed by atoms with Crippen molar-refractivity contribution in [2.75, 3.05) is 0 Å². The van der Waals surface area contributed by atoms with Gasteiger partial charge in [-0.3, -0.25) is 0 Å². The number of halogens is 1. The highest BCUT2D eigenvalue weighted by atomic mass is 35.5. The second kappa shape index (κ2) is 5.00. The summed E-state index contributed by atoms with van der Waals surface area (Å²) in [5, 5.41) is 5.45. The van der Waals surface area contributed by atoms with Crippen LogP contribution in [0.4, 0.5) is 0 Å². The molecule has 0 radical (unpaired) electrons. The topological polar surface area (TPSA) is 24.9 Å². The molecular formula is C14H15ClN2S. The summed E-state index contributed by atoms with van der Waals surface area (Å²) >= 11 is 7.68. The van der Waals surface area contributed by atoms with Gasteiger partial charge in [0.1, 0.15) is 5.01 Å². The van der Waals surface area contributed by atoms with Crippen molar-refractivity contribution in [2.24, 2.45) is 0 Å². The molecule has 0 saturated heterocycles. The Bertz CT molecular complexity index is 543. The molecule has 1 heterocycles. The first-order valence-corrected chi connectivity index (χ1v) is 7.37. The predicted molar refractivity (Wildman–Crippen MR) is 77.2 cm³/mol. The molecule has 0 spiro atoms. The van der Waals surface area contributed by atoms with Gasteiger partial charge in [0.2, 0.25) is 0 Å². The lowest BCUT2D eigenvalue weighted by atomic mass is 10.2. The molecule has 1 aromatic heterocycles. The zero-order valence-corrected chi connectivity index (χ0v) is 11.8. The number of aryl methyl sites for hydroxylation is 1. The predicted octanol–water partition coefficient (Wildman–Crippen LogP) is 4.02. The molecule has 1 aliphatic rings. The molecule has 0 amide bonds. The summed E-state index contributed by atoms with van der Waals surface area (Å²) in [7, 11) is 0. The summed E-state index contributed by atoms with van der Waals surface area (Å²) in [6, 6.07) is 8.70. The molecular weight excluding hydrogens is 264 g/mol. The number of thiazole rings is 1. The van der Waals surface area contributed by atoms with Gasteiger partial charge < -0.3 is 5.32 Å². The van der Waals surface area contributed by atoms with Gasteiger partial charge in [-0.05, 0) is 37.5 Å². The molecule has 0 bridgehead atoms. The van der Waals surface area contributed by atoms with Gasteiger partial charge in [0.15, 0.2) is 0 Å². The van der Waals surface area contributed by atoms with E-state index in [1.807, 2.05) is 12.1 Å². The number of hydrogen-bond donors (Lipinski definition) is 1. The van der Waals surface area contributed by atoms with Crippen LogP contribution >= 0.6 is 22.9 Å². The second-order valence-corrected chi connectivity index (χ2v) is 6.20. The maximum Gasteiger partial charge on any atom is 0.107 e. The molecule has 1 fully saturated rings. The summed E-state index contributed by atoms with van der Waals surface area (Å²) in [5.41, 5.74) is 2.31. The van der Waals surface area contributed by atoms with Gasteiger partial charge in [-0.1, -0.05) is 23.7 Å². The summed E-state index contributed by atoms with van der Waals surface area (Å²) in [6.07, 6.45) is 2.63. The third kappa shape index (κ3) is 2.74. The van der Waals surface area contributed by atoms with Crippen LogP contribution in [0.3, 0.4) is 0 Å². The van der Waals surface area contributed by atoms with Gasteiger partial charge in [-0.2, -0.15) is 0 Å². The fourth-order valence-electron chi connectivity index (χ4n) is 1.92. The zero-order chi connectivity index (χ0) is 12.5. The summed E-state index contributed by atoms with van der Waals surface area (Å²) in [5.74, 6) is 0. The SMILES string of the molecule is Cc1nc(CNC2CC2)sc1-c1ccc(Cl)cc1. The number of benzene rings is 1. The third-order valence-electron chi connectivity index (χ3n) is 3.07. The van der Waals surface area contributed by atoms with Crippen molar-refractivity contribution < 1.29 is 0 Å². The zero-order valence-electron chi connectivity index (χ0n) is 10.2. The summed E-state index contributed by atoms with van der Waals surface area (Å²) < 4.78 is 0. The summed E-state index contributed by atoms with van der Waals surface area (Å²) in [4.78, 5) is 5.88. The van der Waals surface area contributed by atoms with E-state index >= 15 is 0 Å². The van der Waals surface area contributed by atoms with Gasteiger partial charge in [0, 0.05) is 17.6 Å². The molecule has 2 nitrogen and oxygen atoms in total. The van der Waals surface area contributed by atoms with Crippen molar-refractivity contribution >= 4 is 22.9 Å². The van der Waals surface area contributed by atoms with Crippen LogP contribution in [0, 0.1) is 6.92 Å². The molecule has 2 aromatic rings. The largest absolute Gasteiger partial charge is 0.308 e. The third-order valence-corrected chi connectivity index (χ3v) is 4.53. The molecule has 1 aliphatic carbocycles. The molecule has 1 N–H and O–H groups in total. The normalized spacial score (nSPS) is 15.0. The van der Waals surface area contributed by atoms with Crippen LogP contribution in [0.25, 0.3) is 10.4 Å². The maximum absolute atomic E-state index is 5.91. The standard InChI is InChI=1S/C14H15ClN2S/c1-9-14(10-2-4-11(15)5-3-10)18-13(17-9)8-16-12-6-7-12/h2-5,12,16H,6-8H2,1H3. The minimum Gasteiger partial charge on any atom is -0.308 e. The Labute approximate surface area is 116 Å². The quantitative estimate of drug-likeness (QED) is 0.914. The van der Waals surface area contributed by atoms with Crippen LogP contribution in [0.1, 0.15) is 23.5 Å². The number of nitrogens with zero attached hydrogens (tertiary/aromatic N) is 1. The highest BCUT2D eigenvalue weighted by Gasteiger charge is 2.21. The van der Waals surface area contributed by atoms with Gasteiger partial charge in [-0.15, -0.1) is 11.3 Å². The molecule has 0 atom stereocenters. The van der Waals surface area contributed by atoms with Crippen LogP contribution in [-0.2, 0) is 6.54 Å². The van der Waals surface area contributed by atoms with Crippen molar-refractivity contribution in [3.63, 3.8) is 0 Å². The van der Waals surface area contributed by atoms with Crippen molar-refractivity contribution in [1.82, 2.24) is 10.3 Å². The Morgan fingerprint density at radius 2 is 2.06 bits per heavy atom. The monoisotopic (exact) mass is 278 g/mol. The van der Waals surface area contributed by atoms with E-state index in [1.54, 1.807) is 11.3 Å². The lowest BCUT2D eigenvalue weighted by Crippen LogP contribution is -2.14. The Morgan fingerprint density at radius 3 is 2.72 bits per heavy atom. The lowest BCUT2D eigenvalue weighted by Gasteiger charge is -1.98. The van der Waals surface area contributed by atoms with E-state index in [0.717, 1.165) is 23.3 Å². The Hall–Kier alpha value is -0.900. The molecule has 0 aliphatic heterocycles. The van der Waals surface area contributed by atoms with Crippen LogP contribution in [0.2, 0.25) is 5.02 Å². The second-order valence-electron chi connectivity index (χ2n) is 4.68. The Balaban J connectivity index is 1.80. The van der Waals surface area contributed by atoms with Gasteiger partial charge in [-0.25, -0.2) is 4.98 Å². The van der Waals surface area contributed by atoms with Crippen molar-refractivity contribution in [3.8, 4) is 10.4 Å². The highest BCUT2D eigenvalue weighted by molar-refractivity contribution is 7.15. The molecule has 3 rings (SSSR count). The van der Waals surface area contributed by atoms with Gasteiger partial charge in [0.05, 0.1) is 10.6 Å². The average molecular weight is 279 g/mol. The van der Waals surface area contributed by atoms with Gasteiger partial charge in [0.25, 0.3) is 0 Å².